The van der Waals surface area contributed by atoms with Gasteiger partial charge in [0.05, 0.1) is 12.7 Å². The molecule has 0 bridgehead atoms. The molecule has 0 unspecified atom stereocenters. The Morgan fingerprint density at radius 2 is 1.74 bits per heavy atom. The molecule has 4 rings (SSSR count). The first kappa shape index (κ1) is 28.5. The Bertz CT molecular complexity index is 1100. The zero-order valence-electron chi connectivity index (χ0n) is 24.2. The molecule has 2 aliphatic heterocycles. The van der Waals surface area contributed by atoms with Crippen molar-refractivity contribution in [2.45, 2.75) is 84.2 Å². The van der Waals surface area contributed by atoms with Crippen LogP contribution in [0.5, 0.6) is 0 Å². The highest BCUT2D eigenvalue weighted by Crippen LogP contribution is 2.50. The van der Waals surface area contributed by atoms with Crippen LogP contribution in [0.1, 0.15) is 82.6 Å². The molecule has 1 aromatic carbocycles. The normalized spacial score (nSPS) is 20.2. The molecule has 7 heteroatoms. The average molecular weight is 524 g/mol. The largest absolute Gasteiger partial charge is 0.444 e. The maximum Gasteiger partial charge on any atom is 0.410 e. The minimum Gasteiger partial charge on any atom is -0.444 e. The molecular formula is C31H45N3O4. The van der Waals surface area contributed by atoms with Crippen molar-refractivity contribution in [3.8, 4) is 0 Å². The van der Waals surface area contributed by atoms with E-state index in [0.29, 0.717) is 25.6 Å². The van der Waals surface area contributed by atoms with E-state index in [9.17, 15) is 9.90 Å². The van der Waals surface area contributed by atoms with Crippen molar-refractivity contribution in [1.82, 2.24) is 14.8 Å². The highest BCUT2D eigenvalue weighted by Gasteiger charge is 2.55. The maximum absolute atomic E-state index is 12.4. The summed E-state index contributed by atoms with van der Waals surface area (Å²) in [5, 5.41) is 12.4. The van der Waals surface area contributed by atoms with Gasteiger partial charge < -0.3 is 24.4 Å². The number of nitrogens with zero attached hydrogens (tertiary/aromatic N) is 3. The molecule has 0 radical (unpaired) electrons. The standard InChI is InChI=1S/C31H45N3O4/c1-22(2)24-8-10-25(11-9-24)31(36,30(6)20-33(7)21-30)26-16-23(17-32-18-26)19-37-27-12-14-34(15-13-27)28(35)38-29(3,4)5/h8-11,16-18,22,27,36H,12-15,19-21H2,1-7H3/t31-/m0/s1. The first-order valence-corrected chi connectivity index (χ1v) is 13.9. The number of hydrogen-bond acceptors (Lipinski definition) is 6. The monoisotopic (exact) mass is 523 g/mol. The van der Waals surface area contributed by atoms with Crippen molar-refractivity contribution in [1.29, 1.82) is 0 Å². The number of benzene rings is 1. The van der Waals surface area contributed by atoms with Gasteiger partial charge in [-0.15, -0.1) is 0 Å². The summed E-state index contributed by atoms with van der Waals surface area (Å²) < 4.78 is 11.7. The number of aliphatic hydroxyl groups is 1. The summed E-state index contributed by atoms with van der Waals surface area (Å²) in [5.41, 5.74) is 1.88. The lowest BCUT2D eigenvalue weighted by molar-refractivity contribution is -0.127. The Labute approximate surface area is 228 Å². The van der Waals surface area contributed by atoms with Crippen LogP contribution in [0.2, 0.25) is 0 Å². The first-order valence-electron chi connectivity index (χ1n) is 13.9. The van der Waals surface area contributed by atoms with Crippen molar-refractivity contribution >= 4 is 6.09 Å². The highest BCUT2D eigenvalue weighted by atomic mass is 16.6. The molecule has 0 saturated carbocycles. The minimum absolute atomic E-state index is 0.0672. The predicted octanol–water partition coefficient (Wildman–Crippen LogP) is 5.31. The van der Waals surface area contributed by atoms with Crippen LogP contribution in [0.3, 0.4) is 0 Å². The van der Waals surface area contributed by atoms with Gasteiger partial charge in [0.2, 0.25) is 0 Å². The van der Waals surface area contributed by atoms with Crippen molar-refractivity contribution < 1.29 is 19.4 Å². The molecule has 2 saturated heterocycles. The first-order chi connectivity index (χ1) is 17.8. The number of ether oxygens (including phenoxy) is 2. The number of amides is 1. The Hall–Kier alpha value is -2.48. The number of carbonyl (C=O) groups is 1. The van der Waals surface area contributed by atoms with Crippen LogP contribution in [0.15, 0.2) is 42.7 Å². The number of aromatic nitrogens is 1. The fourth-order valence-corrected chi connectivity index (χ4v) is 5.86. The molecule has 208 valence electrons. The van der Waals surface area contributed by atoms with Gasteiger partial charge in [-0.3, -0.25) is 4.98 Å². The summed E-state index contributed by atoms with van der Waals surface area (Å²) in [6.45, 7) is 15.4. The van der Waals surface area contributed by atoms with E-state index in [4.69, 9.17) is 9.47 Å². The molecular weight excluding hydrogens is 478 g/mol. The van der Waals surface area contributed by atoms with Gasteiger partial charge in [0.1, 0.15) is 11.2 Å². The van der Waals surface area contributed by atoms with Gasteiger partial charge in [-0.1, -0.05) is 45.0 Å². The van der Waals surface area contributed by atoms with Crippen molar-refractivity contribution in [2.75, 3.05) is 33.2 Å². The molecule has 0 spiro atoms. The van der Waals surface area contributed by atoms with E-state index in [1.807, 2.05) is 33.0 Å². The Balaban J connectivity index is 1.46. The lowest BCUT2D eigenvalue weighted by Crippen LogP contribution is -2.63. The Kier molecular flexibility index (Phi) is 8.22. The van der Waals surface area contributed by atoms with Crippen molar-refractivity contribution in [3.05, 3.63) is 65.0 Å². The van der Waals surface area contributed by atoms with Crippen molar-refractivity contribution in [2.24, 2.45) is 5.41 Å². The molecule has 7 nitrogen and oxygen atoms in total. The van der Waals surface area contributed by atoms with E-state index in [-0.39, 0.29) is 17.6 Å². The number of carbonyl (C=O) groups excluding carboxylic acids is 1. The molecule has 2 aromatic rings. The van der Waals surface area contributed by atoms with Crippen LogP contribution in [0, 0.1) is 5.41 Å². The molecule has 1 aromatic heterocycles. The molecule has 3 heterocycles. The summed E-state index contributed by atoms with van der Waals surface area (Å²) in [6.07, 6.45) is 4.95. The SMILES string of the molecule is CC(C)c1ccc([C@](O)(c2cncc(COC3CCN(C(=O)OC(C)(C)C)CC3)c2)C2(C)CN(C)C2)cc1. The highest BCUT2D eigenvalue weighted by molar-refractivity contribution is 5.68. The van der Waals surface area contributed by atoms with Crippen LogP contribution in [0.25, 0.3) is 0 Å². The van der Waals surface area contributed by atoms with E-state index in [0.717, 1.165) is 42.6 Å². The third-order valence-electron chi connectivity index (χ3n) is 7.90. The van der Waals surface area contributed by atoms with E-state index in [2.05, 4.69) is 62.0 Å². The van der Waals surface area contributed by atoms with Crippen LogP contribution in [0.4, 0.5) is 4.79 Å². The zero-order chi connectivity index (χ0) is 27.7. The maximum atomic E-state index is 12.4. The second-order valence-electron chi connectivity index (χ2n) is 12.8. The summed E-state index contributed by atoms with van der Waals surface area (Å²) in [6, 6.07) is 10.4. The number of likely N-dealkylation sites (tertiary alicyclic amines) is 2. The lowest BCUT2D eigenvalue weighted by atomic mass is 9.62. The molecule has 0 aliphatic carbocycles. The fourth-order valence-electron chi connectivity index (χ4n) is 5.86. The molecule has 1 atom stereocenters. The van der Waals surface area contributed by atoms with Gasteiger partial charge in [-0.05, 0) is 69.3 Å². The van der Waals surface area contributed by atoms with Gasteiger partial charge >= 0.3 is 6.09 Å². The van der Waals surface area contributed by atoms with Gasteiger partial charge in [-0.2, -0.15) is 0 Å². The number of piperidine rings is 1. The molecule has 38 heavy (non-hydrogen) atoms. The lowest BCUT2D eigenvalue weighted by Gasteiger charge is -2.56. The third-order valence-corrected chi connectivity index (χ3v) is 7.90. The summed E-state index contributed by atoms with van der Waals surface area (Å²) in [4.78, 5) is 20.9. The van der Waals surface area contributed by atoms with Gasteiger partial charge in [0.15, 0.2) is 0 Å². The molecule has 1 amide bonds. The summed E-state index contributed by atoms with van der Waals surface area (Å²) >= 11 is 0. The van der Waals surface area contributed by atoms with E-state index in [1.54, 1.807) is 11.1 Å². The third kappa shape index (κ3) is 6.05. The molecule has 1 N–H and O–H groups in total. The average Bonchev–Trinajstić information content (AvgIpc) is 2.85. The number of rotatable bonds is 7. The molecule has 2 fully saturated rings. The van der Waals surface area contributed by atoms with Gasteiger partial charge in [0, 0.05) is 49.6 Å². The van der Waals surface area contributed by atoms with Gasteiger partial charge in [0.25, 0.3) is 0 Å². The van der Waals surface area contributed by atoms with E-state index < -0.39 is 11.2 Å². The smallest absolute Gasteiger partial charge is 0.410 e. The van der Waals surface area contributed by atoms with E-state index in [1.165, 1.54) is 5.56 Å². The Morgan fingerprint density at radius 1 is 1.11 bits per heavy atom. The topological polar surface area (TPSA) is 75.1 Å². The van der Waals surface area contributed by atoms with Crippen LogP contribution in [-0.2, 0) is 21.7 Å². The van der Waals surface area contributed by atoms with Crippen LogP contribution in [-0.4, -0.2) is 70.9 Å². The fraction of sp³-hybridized carbons (Fsp3) is 0.613. The van der Waals surface area contributed by atoms with Crippen molar-refractivity contribution in [3.63, 3.8) is 0 Å². The second kappa shape index (κ2) is 10.9. The summed E-state index contributed by atoms with van der Waals surface area (Å²) in [5.74, 6) is 0.431. The second-order valence-corrected chi connectivity index (χ2v) is 12.8. The Morgan fingerprint density at radius 3 is 2.29 bits per heavy atom. The predicted molar refractivity (Wildman–Crippen MR) is 149 cm³/mol. The van der Waals surface area contributed by atoms with E-state index >= 15 is 0 Å². The number of pyridine rings is 1. The zero-order valence-corrected chi connectivity index (χ0v) is 24.2. The molecule has 2 aliphatic rings. The minimum atomic E-state index is -1.17. The summed E-state index contributed by atoms with van der Waals surface area (Å²) in [7, 11) is 2.08. The van der Waals surface area contributed by atoms with Crippen LogP contribution < -0.4 is 0 Å². The number of hydrogen-bond donors (Lipinski definition) is 1. The quantitative estimate of drug-likeness (QED) is 0.530. The van der Waals surface area contributed by atoms with Gasteiger partial charge in [-0.25, -0.2) is 4.79 Å². The van der Waals surface area contributed by atoms with Crippen LogP contribution >= 0.6 is 0 Å².